The van der Waals surface area contributed by atoms with Gasteiger partial charge in [0.2, 0.25) is 0 Å². The highest BCUT2D eigenvalue weighted by atomic mass is 16.5. The molecule has 0 spiro atoms. The van der Waals surface area contributed by atoms with Crippen LogP contribution in [-0.2, 0) is 0 Å². The Hall–Kier alpha value is -1.71. The average Bonchev–Trinajstić information content (AvgIpc) is 2.68. The van der Waals surface area contributed by atoms with Crippen molar-refractivity contribution in [3.8, 4) is 5.75 Å². The number of rotatable bonds is 2. The highest BCUT2D eigenvalue weighted by Crippen LogP contribution is 2.31. The van der Waals surface area contributed by atoms with Gasteiger partial charge in [-0.2, -0.15) is 0 Å². The Morgan fingerprint density at radius 3 is 2.82 bits per heavy atom. The topological polar surface area (TPSA) is 50.4 Å². The molecule has 1 aromatic carbocycles. The van der Waals surface area contributed by atoms with Crippen LogP contribution in [0.15, 0.2) is 24.3 Å². The maximum absolute atomic E-state index is 11.7. The van der Waals surface area contributed by atoms with Gasteiger partial charge < -0.3 is 15.4 Å². The predicted molar refractivity (Wildman–Crippen MR) is 64.0 cm³/mol. The lowest BCUT2D eigenvalue weighted by atomic mass is 9.93. The Morgan fingerprint density at radius 1 is 1.24 bits per heavy atom. The fourth-order valence-corrected chi connectivity index (χ4v) is 2.22. The van der Waals surface area contributed by atoms with E-state index in [0.29, 0.717) is 12.6 Å². The lowest BCUT2D eigenvalue weighted by Gasteiger charge is -2.27. The molecule has 4 nitrogen and oxygen atoms in total. The fraction of sp³-hybridized carbons (Fsp3) is 0.462. The Balaban J connectivity index is 1.60. The standard InChI is InChI=1S/C13H16N2O2/c16-13(14-9-4-3-5-9)15-11-8-17-12-7-2-1-6-10(11)12/h1-2,6-7,9,11H,3-5,8H2,(H2,14,15,16). The fourth-order valence-electron chi connectivity index (χ4n) is 2.22. The van der Waals surface area contributed by atoms with E-state index in [9.17, 15) is 4.79 Å². The van der Waals surface area contributed by atoms with Gasteiger partial charge in [-0.3, -0.25) is 0 Å². The number of carbonyl (C=O) groups is 1. The van der Waals surface area contributed by atoms with E-state index in [2.05, 4.69) is 10.6 Å². The third kappa shape index (κ3) is 2.07. The molecule has 2 amide bonds. The zero-order chi connectivity index (χ0) is 11.7. The van der Waals surface area contributed by atoms with Crippen molar-refractivity contribution in [2.24, 2.45) is 0 Å². The van der Waals surface area contributed by atoms with Crippen LogP contribution in [0.25, 0.3) is 0 Å². The minimum absolute atomic E-state index is 0.0220. The summed E-state index contributed by atoms with van der Waals surface area (Å²) >= 11 is 0. The van der Waals surface area contributed by atoms with E-state index >= 15 is 0 Å². The van der Waals surface area contributed by atoms with E-state index in [1.807, 2.05) is 24.3 Å². The van der Waals surface area contributed by atoms with Gasteiger partial charge in [0.05, 0.1) is 6.04 Å². The lowest BCUT2D eigenvalue weighted by Crippen LogP contribution is -2.46. The summed E-state index contributed by atoms with van der Waals surface area (Å²) < 4.78 is 5.51. The van der Waals surface area contributed by atoms with Gasteiger partial charge in [0.25, 0.3) is 0 Å². The van der Waals surface area contributed by atoms with Crippen molar-refractivity contribution in [1.82, 2.24) is 10.6 Å². The molecule has 2 N–H and O–H groups in total. The van der Waals surface area contributed by atoms with Crippen molar-refractivity contribution in [1.29, 1.82) is 0 Å². The maximum Gasteiger partial charge on any atom is 0.315 e. The molecular weight excluding hydrogens is 216 g/mol. The molecule has 90 valence electrons. The smallest absolute Gasteiger partial charge is 0.315 e. The summed E-state index contributed by atoms with van der Waals surface area (Å²) in [7, 11) is 0. The van der Waals surface area contributed by atoms with Crippen LogP contribution in [0, 0.1) is 0 Å². The number of carbonyl (C=O) groups excluding carboxylic acids is 1. The van der Waals surface area contributed by atoms with Gasteiger partial charge in [-0.25, -0.2) is 4.79 Å². The van der Waals surface area contributed by atoms with Gasteiger partial charge in [-0.15, -0.1) is 0 Å². The zero-order valence-corrected chi connectivity index (χ0v) is 9.61. The molecular formula is C13H16N2O2. The Morgan fingerprint density at radius 2 is 2.06 bits per heavy atom. The second-order valence-corrected chi connectivity index (χ2v) is 4.65. The van der Waals surface area contributed by atoms with Crippen LogP contribution in [-0.4, -0.2) is 18.7 Å². The predicted octanol–water partition coefficient (Wildman–Crippen LogP) is 1.97. The van der Waals surface area contributed by atoms with Crippen LogP contribution in [0.5, 0.6) is 5.75 Å². The monoisotopic (exact) mass is 232 g/mol. The summed E-state index contributed by atoms with van der Waals surface area (Å²) in [4.78, 5) is 11.7. The molecule has 3 rings (SSSR count). The summed E-state index contributed by atoms with van der Waals surface area (Å²) in [5, 5.41) is 5.93. The largest absolute Gasteiger partial charge is 0.491 e. The van der Waals surface area contributed by atoms with Crippen LogP contribution in [0.2, 0.25) is 0 Å². The summed E-state index contributed by atoms with van der Waals surface area (Å²) in [5.74, 6) is 0.876. The van der Waals surface area contributed by atoms with Crippen LogP contribution in [0.1, 0.15) is 30.9 Å². The molecule has 17 heavy (non-hydrogen) atoms. The number of nitrogens with one attached hydrogen (secondary N) is 2. The first-order valence-electron chi connectivity index (χ1n) is 6.12. The van der Waals surface area contributed by atoms with Crippen LogP contribution in [0.4, 0.5) is 4.79 Å². The Labute approximate surface area is 100 Å². The van der Waals surface area contributed by atoms with E-state index in [1.165, 1.54) is 6.42 Å². The number of para-hydroxylation sites is 1. The molecule has 1 fully saturated rings. The SMILES string of the molecule is O=C(NC1CCC1)NC1COc2ccccc21. The van der Waals surface area contributed by atoms with Crippen LogP contribution in [0.3, 0.4) is 0 Å². The van der Waals surface area contributed by atoms with Crippen LogP contribution < -0.4 is 15.4 Å². The van der Waals surface area contributed by atoms with Crippen molar-refractivity contribution < 1.29 is 9.53 Å². The third-order valence-corrected chi connectivity index (χ3v) is 3.45. The van der Waals surface area contributed by atoms with E-state index < -0.39 is 0 Å². The van der Waals surface area contributed by atoms with E-state index in [-0.39, 0.29) is 12.1 Å². The van der Waals surface area contributed by atoms with Gasteiger partial charge in [-0.05, 0) is 25.3 Å². The molecule has 0 aromatic heterocycles. The maximum atomic E-state index is 11.7. The number of fused-ring (bicyclic) bond motifs is 1. The van der Waals surface area contributed by atoms with Gasteiger partial charge in [-0.1, -0.05) is 18.2 Å². The zero-order valence-electron chi connectivity index (χ0n) is 9.61. The lowest BCUT2D eigenvalue weighted by molar-refractivity contribution is 0.220. The molecule has 1 aliphatic carbocycles. The molecule has 0 radical (unpaired) electrons. The van der Waals surface area contributed by atoms with Crippen molar-refractivity contribution in [2.75, 3.05) is 6.61 Å². The van der Waals surface area contributed by atoms with Gasteiger partial charge in [0.1, 0.15) is 12.4 Å². The molecule has 0 bridgehead atoms. The number of urea groups is 1. The third-order valence-electron chi connectivity index (χ3n) is 3.45. The number of benzene rings is 1. The van der Waals surface area contributed by atoms with E-state index in [0.717, 1.165) is 24.2 Å². The quantitative estimate of drug-likeness (QED) is 0.819. The molecule has 1 aliphatic heterocycles. The molecule has 2 aliphatic rings. The first kappa shape index (κ1) is 10.4. The Bertz CT molecular complexity index is 429. The first-order chi connectivity index (χ1) is 8.33. The molecule has 1 unspecified atom stereocenters. The minimum Gasteiger partial charge on any atom is -0.491 e. The van der Waals surface area contributed by atoms with Gasteiger partial charge in [0.15, 0.2) is 0 Å². The number of hydrogen-bond acceptors (Lipinski definition) is 2. The van der Waals surface area contributed by atoms with Crippen molar-refractivity contribution in [3.63, 3.8) is 0 Å². The van der Waals surface area contributed by atoms with Crippen molar-refractivity contribution in [2.45, 2.75) is 31.3 Å². The molecule has 1 heterocycles. The van der Waals surface area contributed by atoms with Gasteiger partial charge in [0, 0.05) is 11.6 Å². The average molecular weight is 232 g/mol. The molecule has 0 saturated heterocycles. The molecule has 1 atom stereocenters. The summed E-state index contributed by atoms with van der Waals surface area (Å²) in [6, 6.07) is 8.10. The number of ether oxygens (including phenoxy) is 1. The first-order valence-corrected chi connectivity index (χ1v) is 6.12. The molecule has 1 aromatic rings. The molecule has 4 heteroatoms. The molecule has 1 saturated carbocycles. The van der Waals surface area contributed by atoms with Gasteiger partial charge >= 0.3 is 6.03 Å². The highest BCUT2D eigenvalue weighted by Gasteiger charge is 2.26. The summed E-state index contributed by atoms with van der Waals surface area (Å²) in [5.41, 5.74) is 1.07. The van der Waals surface area contributed by atoms with E-state index in [1.54, 1.807) is 0 Å². The second kappa shape index (κ2) is 4.28. The van der Waals surface area contributed by atoms with Crippen molar-refractivity contribution >= 4 is 6.03 Å². The van der Waals surface area contributed by atoms with Crippen LogP contribution >= 0.6 is 0 Å². The van der Waals surface area contributed by atoms with Crippen molar-refractivity contribution in [3.05, 3.63) is 29.8 Å². The number of hydrogen-bond donors (Lipinski definition) is 2. The summed E-state index contributed by atoms with van der Waals surface area (Å²) in [6.07, 6.45) is 3.43. The Kier molecular flexibility index (Phi) is 2.63. The minimum atomic E-state index is -0.0833. The highest BCUT2D eigenvalue weighted by molar-refractivity contribution is 5.75. The summed E-state index contributed by atoms with van der Waals surface area (Å²) in [6.45, 7) is 0.525. The normalized spacial score (nSPS) is 22.2. The van der Waals surface area contributed by atoms with E-state index in [4.69, 9.17) is 4.74 Å². The number of amides is 2. The second-order valence-electron chi connectivity index (χ2n) is 4.65.